The highest BCUT2D eigenvalue weighted by Gasteiger charge is 2.27. The van der Waals surface area contributed by atoms with Crippen LogP contribution in [-0.2, 0) is 7.05 Å². The average molecular weight is 403 g/mol. The molecule has 5 nitrogen and oxygen atoms in total. The van der Waals surface area contributed by atoms with Gasteiger partial charge in [-0.25, -0.2) is 4.39 Å². The van der Waals surface area contributed by atoms with E-state index in [9.17, 15) is 9.18 Å². The fourth-order valence-electron chi connectivity index (χ4n) is 4.10. The fourth-order valence-corrected chi connectivity index (χ4v) is 5.36. The Bertz CT molecular complexity index is 808. The number of nitrogens with one attached hydrogen (secondary N) is 1. The van der Waals surface area contributed by atoms with Crippen molar-refractivity contribution in [2.75, 3.05) is 31.1 Å². The standard InChI is InChI=1S/C21H27FN4OS/c1-25-20(12-19(24-25)16-2-4-17(22)5-3-16)21(27)23-13-15-6-9-26(10-7-15)18-8-11-28-14-18/h2-5,12,15,18H,6-11,13-14H2,1H3,(H,23,27)/t18-/m0/s1. The number of amides is 1. The summed E-state index contributed by atoms with van der Waals surface area (Å²) in [5.74, 6) is 2.73. The van der Waals surface area contributed by atoms with Crippen LogP contribution < -0.4 is 5.32 Å². The van der Waals surface area contributed by atoms with Crippen LogP contribution in [0.4, 0.5) is 4.39 Å². The molecule has 2 saturated heterocycles. The Hall–Kier alpha value is -1.86. The Morgan fingerprint density at radius 2 is 2.00 bits per heavy atom. The van der Waals surface area contributed by atoms with E-state index in [0.29, 0.717) is 23.9 Å². The van der Waals surface area contributed by atoms with Crippen LogP contribution in [-0.4, -0.2) is 57.8 Å². The van der Waals surface area contributed by atoms with E-state index in [1.54, 1.807) is 29.9 Å². The molecule has 0 bridgehead atoms. The first-order chi connectivity index (χ1) is 13.6. The van der Waals surface area contributed by atoms with Gasteiger partial charge in [-0.15, -0.1) is 0 Å². The fraction of sp³-hybridized carbons (Fsp3) is 0.524. The number of hydrogen-bond donors (Lipinski definition) is 1. The van der Waals surface area contributed by atoms with Crippen molar-refractivity contribution in [1.29, 1.82) is 0 Å². The third-order valence-electron chi connectivity index (χ3n) is 5.87. The summed E-state index contributed by atoms with van der Waals surface area (Å²) in [6, 6.07) is 8.69. The third-order valence-corrected chi connectivity index (χ3v) is 7.02. The lowest BCUT2D eigenvalue weighted by atomic mass is 9.95. The maximum atomic E-state index is 13.1. The first-order valence-corrected chi connectivity index (χ1v) is 11.2. The molecule has 7 heteroatoms. The minimum atomic E-state index is -0.282. The van der Waals surface area contributed by atoms with E-state index in [1.165, 1.54) is 30.1 Å². The number of likely N-dealkylation sites (tertiary alicyclic amines) is 1. The van der Waals surface area contributed by atoms with E-state index >= 15 is 0 Å². The summed E-state index contributed by atoms with van der Waals surface area (Å²) in [5.41, 5.74) is 2.00. The van der Waals surface area contributed by atoms with Gasteiger partial charge in [-0.05, 0) is 74.4 Å². The quantitative estimate of drug-likeness (QED) is 0.835. The van der Waals surface area contributed by atoms with E-state index in [0.717, 1.165) is 37.5 Å². The third kappa shape index (κ3) is 4.41. The number of piperidine rings is 1. The van der Waals surface area contributed by atoms with Crippen molar-refractivity contribution in [2.45, 2.75) is 25.3 Å². The Kier molecular flexibility index (Phi) is 6.01. The Balaban J connectivity index is 1.30. The molecule has 2 aliphatic heterocycles. The molecule has 1 N–H and O–H groups in total. The zero-order valence-electron chi connectivity index (χ0n) is 16.2. The molecule has 2 aromatic rings. The lowest BCUT2D eigenvalue weighted by molar-refractivity contribution is 0.0919. The van der Waals surface area contributed by atoms with Gasteiger partial charge in [0.1, 0.15) is 11.5 Å². The van der Waals surface area contributed by atoms with E-state index < -0.39 is 0 Å². The van der Waals surface area contributed by atoms with Crippen LogP contribution in [0, 0.1) is 11.7 Å². The molecule has 0 unspecified atom stereocenters. The molecule has 0 radical (unpaired) electrons. The zero-order chi connectivity index (χ0) is 19.5. The van der Waals surface area contributed by atoms with Gasteiger partial charge in [0, 0.05) is 31.0 Å². The lowest BCUT2D eigenvalue weighted by Crippen LogP contribution is -2.43. The second-order valence-corrected chi connectivity index (χ2v) is 8.90. The molecule has 1 aromatic heterocycles. The van der Waals surface area contributed by atoms with Gasteiger partial charge in [-0.3, -0.25) is 14.4 Å². The maximum absolute atomic E-state index is 13.1. The van der Waals surface area contributed by atoms with Crippen molar-refractivity contribution in [3.8, 4) is 11.3 Å². The Morgan fingerprint density at radius 3 is 2.68 bits per heavy atom. The molecule has 1 amide bonds. The van der Waals surface area contributed by atoms with Gasteiger partial charge in [0.25, 0.3) is 5.91 Å². The van der Waals surface area contributed by atoms with Crippen LogP contribution in [0.5, 0.6) is 0 Å². The Labute approximate surface area is 169 Å². The molecule has 3 heterocycles. The molecule has 4 rings (SSSR count). The van der Waals surface area contributed by atoms with Gasteiger partial charge < -0.3 is 5.32 Å². The van der Waals surface area contributed by atoms with Gasteiger partial charge in [0.05, 0.1) is 5.69 Å². The van der Waals surface area contributed by atoms with E-state index in [2.05, 4.69) is 27.1 Å². The van der Waals surface area contributed by atoms with E-state index in [-0.39, 0.29) is 11.7 Å². The van der Waals surface area contributed by atoms with Gasteiger partial charge in [-0.2, -0.15) is 16.9 Å². The highest BCUT2D eigenvalue weighted by Crippen LogP contribution is 2.26. The molecule has 2 fully saturated rings. The number of nitrogens with zero attached hydrogens (tertiary/aromatic N) is 3. The molecule has 28 heavy (non-hydrogen) atoms. The van der Waals surface area contributed by atoms with Crippen molar-refractivity contribution >= 4 is 17.7 Å². The number of benzene rings is 1. The maximum Gasteiger partial charge on any atom is 0.269 e. The summed E-state index contributed by atoms with van der Waals surface area (Å²) in [5, 5.41) is 7.49. The van der Waals surface area contributed by atoms with Gasteiger partial charge in [-0.1, -0.05) is 0 Å². The average Bonchev–Trinajstić information content (AvgIpc) is 3.37. The van der Waals surface area contributed by atoms with Gasteiger partial charge in [0.15, 0.2) is 0 Å². The number of aryl methyl sites for hydroxylation is 1. The predicted molar refractivity (Wildman–Crippen MR) is 111 cm³/mol. The molecule has 1 atom stereocenters. The molecule has 1 aromatic carbocycles. The second kappa shape index (κ2) is 8.66. The molecular formula is C21H27FN4OS. The normalized spacial score (nSPS) is 21.1. The number of thioether (sulfide) groups is 1. The van der Waals surface area contributed by atoms with Crippen LogP contribution in [0.15, 0.2) is 30.3 Å². The van der Waals surface area contributed by atoms with Gasteiger partial charge in [0.2, 0.25) is 0 Å². The van der Waals surface area contributed by atoms with Crippen molar-refractivity contribution in [1.82, 2.24) is 20.0 Å². The number of carbonyl (C=O) groups excluding carboxylic acids is 1. The zero-order valence-corrected chi connectivity index (χ0v) is 17.1. The largest absolute Gasteiger partial charge is 0.350 e. The summed E-state index contributed by atoms with van der Waals surface area (Å²) in [7, 11) is 1.76. The highest BCUT2D eigenvalue weighted by molar-refractivity contribution is 7.99. The molecule has 2 aliphatic rings. The van der Waals surface area contributed by atoms with Crippen molar-refractivity contribution in [2.24, 2.45) is 13.0 Å². The van der Waals surface area contributed by atoms with E-state index in [1.807, 2.05) is 0 Å². The van der Waals surface area contributed by atoms with Crippen LogP contribution in [0.3, 0.4) is 0 Å². The number of aromatic nitrogens is 2. The molecular weight excluding hydrogens is 375 g/mol. The molecule has 0 saturated carbocycles. The summed E-state index contributed by atoms with van der Waals surface area (Å²) in [4.78, 5) is 15.3. The topological polar surface area (TPSA) is 50.2 Å². The number of rotatable bonds is 5. The summed E-state index contributed by atoms with van der Waals surface area (Å²) in [6.45, 7) is 3.00. The first-order valence-electron chi connectivity index (χ1n) is 10.00. The smallest absolute Gasteiger partial charge is 0.269 e. The minimum absolute atomic E-state index is 0.0991. The first kappa shape index (κ1) is 19.5. The predicted octanol–water partition coefficient (Wildman–Crippen LogP) is 3.17. The van der Waals surface area contributed by atoms with Crippen LogP contribution in [0.25, 0.3) is 11.3 Å². The molecule has 0 aliphatic carbocycles. The van der Waals surface area contributed by atoms with Crippen LogP contribution >= 0.6 is 11.8 Å². The van der Waals surface area contributed by atoms with E-state index in [4.69, 9.17) is 0 Å². The second-order valence-electron chi connectivity index (χ2n) is 7.75. The summed E-state index contributed by atoms with van der Waals surface area (Å²) in [6.07, 6.45) is 3.62. The van der Waals surface area contributed by atoms with Crippen molar-refractivity contribution in [3.63, 3.8) is 0 Å². The lowest BCUT2D eigenvalue weighted by Gasteiger charge is -2.35. The minimum Gasteiger partial charge on any atom is -0.350 e. The Morgan fingerprint density at radius 1 is 1.25 bits per heavy atom. The van der Waals surface area contributed by atoms with Crippen LogP contribution in [0.1, 0.15) is 29.8 Å². The monoisotopic (exact) mass is 402 g/mol. The van der Waals surface area contributed by atoms with Gasteiger partial charge >= 0.3 is 0 Å². The highest BCUT2D eigenvalue weighted by atomic mass is 32.2. The summed E-state index contributed by atoms with van der Waals surface area (Å²) < 4.78 is 14.7. The summed E-state index contributed by atoms with van der Waals surface area (Å²) >= 11 is 2.07. The van der Waals surface area contributed by atoms with Crippen molar-refractivity contribution in [3.05, 3.63) is 41.8 Å². The molecule has 0 spiro atoms. The van der Waals surface area contributed by atoms with Crippen LogP contribution in [0.2, 0.25) is 0 Å². The number of hydrogen-bond acceptors (Lipinski definition) is 4. The SMILES string of the molecule is Cn1nc(-c2ccc(F)cc2)cc1C(=O)NCC1CCN([C@H]2CCSC2)CC1. The number of carbonyl (C=O) groups is 1. The van der Waals surface area contributed by atoms with Crippen molar-refractivity contribution < 1.29 is 9.18 Å². The molecule has 150 valence electrons. The number of halogens is 1.